The van der Waals surface area contributed by atoms with Gasteiger partial charge in [0.1, 0.15) is 11.6 Å². The number of benzene rings is 1. The predicted octanol–water partition coefficient (Wildman–Crippen LogP) is 4.55. The highest BCUT2D eigenvalue weighted by atomic mass is 16.2. The van der Waals surface area contributed by atoms with Crippen molar-refractivity contribution in [1.82, 2.24) is 5.32 Å². The van der Waals surface area contributed by atoms with E-state index >= 15 is 0 Å². The Hall–Kier alpha value is -2.61. The van der Waals surface area contributed by atoms with Crippen molar-refractivity contribution in [3.8, 4) is 6.07 Å². The molecular formula is C26H31N3O2. The SMILES string of the molecule is C[C@@]12CCC[C@H]1[C@@H]1CCC3NC(=O)C(C(=O)Nc4ccccc4C#N)=C[C@]3(C)[C@@H]1CC2. The first-order valence-corrected chi connectivity index (χ1v) is 11.7. The molecule has 3 saturated carbocycles. The van der Waals surface area contributed by atoms with Crippen molar-refractivity contribution < 1.29 is 9.59 Å². The number of fused-ring (bicyclic) bond motifs is 5. The van der Waals surface area contributed by atoms with Gasteiger partial charge < -0.3 is 10.6 Å². The lowest BCUT2D eigenvalue weighted by Crippen LogP contribution is -2.60. The molecule has 0 aromatic heterocycles. The van der Waals surface area contributed by atoms with E-state index in [9.17, 15) is 14.9 Å². The second-order valence-corrected chi connectivity index (χ2v) is 10.6. The van der Waals surface area contributed by atoms with E-state index in [0.717, 1.165) is 12.3 Å². The van der Waals surface area contributed by atoms with Crippen LogP contribution in [0, 0.1) is 39.9 Å². The maximum atomic E-state index is 13.1. The molecule has 1 heterocycles. The third kappa shape index (κ3) is 3.11. The fraction of sp³-hybridized carbons (Fsp3) is 0.577. The summed E-state index contributed by atoms with van der Waals surface area (Å²) in [5.74, 6) is 1.22. The number of nitrogens with one attached hydrogen (secondary N) is 2. The molecule has 0 spiro atoms. The molecule has 0 bridgehead atoms. The zero-order chi connectivity index (χ0) is 21.8. The van der Waals surface area contributed by atoms with Crippen LogP contribution in [0.4, 0.5) is 5.69 Å². The summed E-state index contributed by atoms with van der Waals surface area (Å²) in [7, 11) is 0. The highest BCUT2D eigenvalue weighted by Crippen LogP contribution is 2.63. The minimum atomic E-state index is -0.427. The van der Waals surface area contributed by atoms with Crippen LogP contribution in [-0.4, -0.2) is 17.9 Å². The number of para-hydroxylation sites is 1. The summed E-state index contributed by atoms with van der Waals surface area (Å²) in [5, 5.41) is 15.3. The molecule has 5 rings (SSSR count). The summed E-state index contributed by atoms with van der Waals surface area (Å²) in [5.41, 5.74) is 1.29. The standard InChI is InChI=1S/C26H31N3O2/c1-25-12-5-7-19(25)17-9-10-22-26(2,20(17)11-13-25)14-18(24(31)29-22)23(30)28-21-8-4-3-6-16(21)15-27/h3-4,6,8,14,17,19-20,22H,5,7,9-13H2,1-2H3,(H,28,30)(H,29,31)/t17-,19-,20+,22?,25-,26+/m0/s1. The summed E-state index contributed by atoms with van der Waals surface area (Å²) in [6.07, 6.45) is 10.6. The van der Waals surface area contributed by atoms with Gasteiger partial charge in [-0.2, -0.15) is 5.26 Å². The molecule has 6 atom stereocenters. The maximum Gasteiger partial charge on any atom is 0.260 e. The van der Waals surface area contributed by atoms with Gasteiger partial charge in [-0.3, -0.25) is 9.59 Å². The van der Waals surface area contributed by atoms with Gasteiger partial charge in [-0.05, 0) is 73.8 Å². The molecule has 3 fully saturated rings. The third-order valence-electron chi connectivity index (χ3n) is 9.10. The number of carbonyl (C=O) groups is 2. The van der Waals surface area contributed by atoms with E-state index in [0.29, 0.717) is 28.5 Å². The van der Waals surface area contributed by atoms with Crippen LogP contribution < -0.4 is 10.6 Å². The first-order valence-electron chi connectivity index (χ1n) is 11.7. The Morgan fingerprint density at radius 2 is 1.94 bits per heavy atom. The van der Waals surface area contributed by atoms with Crippen LogP contribution in [0.1, 0.15) is 64.4 Å². The van der Waals surface area contributed by atoms with Gasteiger partial charge >= 0.3 is 0 Å². The Morgan fingerprint density at radius 1 is 1.13 bits per heavy atom. The average Bonchev–Trinajstić information content (AvgIpc) is 3.16. The van der Waals surface area contributed by atoms with E-state index < -0.39 is 5.91 Å². The van der Waals surface area contributed by atoms with E-state index in [-0.39, 0.29) is 22.9 Å². The quantitative estimate of drug-likeness (QED) is 0.693. The number of amides is 2. The first-order chi connectivity index (χ1) is 14.9. The largest absolute Gasteiger partial charge is 0.348 e. The minimum Gasteiger partial charge on any atom is -0.348 e. The van der Waals surface area contributed by atoms with Crippen LogP contribution in [-0.2, 0) is 9.59 Å². The molecular weight excluding hydrogens is 386 g/mol. The Bertz CT molecular complexity index is 1010. The normalized spacial score (nSPS) is 38.6. The summed E-state index contributed by atoms with van der Waals surface area (Å²) in [6, 6.07) is 9.08. The van der Waals surface area contributed by atoms with Crippen molar-refractivity contribution >= 4 is 17.5 Å². The smallest absolute Gasteiger partial charge is 0.260 e. The Kier molecular flexibility index (Phi) is 4.73. The zero-order valence-corrected chi connectivity index (χ0v) is 18.4. The molecule has 4 aliphatic rings. The van der Waals surface area contributed by atoms with E-state index in [1.807, 2.05) is 6.08 Å². The van der Waals surface area contributed by atoms with Gasteiger partial charge in [0.15, 0.2) is 0 Å². The van der Waals surface area contributed by atoms with Crippen molar-refractivity contribution in [2.45, 2.75) is 64.8 Å². The second kappa shape index (κ2) is 7.22. The fourth-order valence-corrected chi connectivity index (χ4v) is 7.48. The number of nitriles is 1. The molecule has 0 radical (unpaired) electrons. The monoisotopic (exact) mass is 417 g/mol. The summed E-state index contributed by atoms with van der Waals surface area (Å²) in [4.78, 5) is 26.0. The minimum absolute atomic E-state index is 0.0925. The van der Waals surface area contributed by atoms with Crippen molar-refractivity contribution in [2.24, 2.45) is 28.6 Å². The molecule has 5 heteroatoms. The molecule has 2 N–H and O–H groups in total. The Morgan fingerprint density at radius 3 is 2.74 bits per heavy atom. The Labute approximate surface area is 184 Å². The lowest BCUT2D eigenvalue weighted by molar-refractivity contribution is -0.126. The lowest BCUT2D eigenvalue weighted by atomic mass is 9.48. The molecule has 162 valence electrons. The molecule has 3 aliphatic carbocycles. The molecule has 1 unspecified atom stereocenters. The number of hydrogen-bond acceptors (Lipinski definition) is 3. The van der Waals surface area contributed by atoms with Gasteiger partial charge in [0.25, 0.3) is 11.8 Å². The average molecular weight is 418 g/mol. The molecule has 1 aliphatic heterocycles. The topological polar surface area (TPSA) is 82.0 Å². The van der Waals surface area contributed by atoms with Crippen LogP contribution in [0.15, 0.2) is 35.9 Å². The summed E-state index contributed by atoms with van der Waals surface area (Å²) in [6.45, 7) is 4.74. The van der Waals surface area contributed by atoms with Crippen molar-refractivity contribution in [3.05, 3.63) is 41.5 Å². The van der Waals surface area contributed by atoms with Crippen LogP contribution in [0.2, 0.25) is 0 Å². The molecule has 0 saturated heterocycles. The summed E-state index contributed by atoms with van der Waals surface area (Å²) < 4.78 is 0. The van der Waals surface area contributed by atoms with Crippen molar-refractivity contribution in [3.63, 3.8) is 0 Å². The van der Waals surface area contributed by atoms with Gasteiger partial charge in [-0.15, -0.1) is 0 Å². The second-order valence-electron chi connectivity index (χ2n) is 10.6. The van der Waals surface area contributed by atoms with Crippen LogP contribution in [0.5, 0.6) is 0 Å². The summed E-state index contributed by atoms with van der Waals surface area (Å²) >= 11 is 0. The lowest BCUT2D eigenvalue weighted by Gasteiger charge is -2.58. The number of rotatable bonds is 2. The van der Waals surface area contributed by atoms with Crippen LogP contribution in [0.25, 0.3) is 0 Å². The molecule has 1 aromatic carbocycles. The van der Waals surface area contributed by atoms with Gasteiger partial charge in [-0.1, -0.05) is 38.5 Å². The number of anilines is 1. The fourth-order valence-electron chi connectivity index (χ4n) is 7.48. The van der Waals surface area contributed by atoms with Crippen LogP contribution >= 0.6 is 0 Å². The molecule has 31 heavy (non-hydrogen) atoms. The van der Waals surface area contributed by atoms with E-state index in [2.05, 4.69) is 30.6 Å². The molecule has 1 aromatic rings. The van der Waals surface area contributed by atoms with E-state index in [4.69, 9.17) is 0 Å². The highest BCUT2D eigenvalue weighted by Gasteiger charge is 2.58. The maximum absolute atomic E-state index is 13.1. The predicted molar refractivity (Wildman–Crippen MR) is 119 cm³/mol. The zero-order valence-electron chi connectivity index (χ0n) is 18.4. The van der Waals surface area contributed by atoms with Crippen molar-refractivity contribution in [2.75, 3.05) is 5.32 Å². The van der Waals surface area contributed by atoms with Gasteiger partial charge in [-0.25, -0.2) is 0 Å². The van der Waals surface area contributed by atoms with Gasteiger partial charge in [0.05, 0.1) is 11.3 Å². The number of nitrogens with zero attached hydrogens (tertiary/aromatic N) is 1. The van der Waals surface area contributed by atoms with E-state index in [1.165, 1.54) is 38.5 Å². The molecule has 2 amide bonds. The van der Waals surface area contributed by atoms with Gasteiger partial charge in [0.2, 0.25) is 0 Å². The van der Waals surface area contributed by atoms with Crippen molar-refractivity contribution in [1.29, 1.82) is 5.26 Å². The number of carbonyl (C=O) groups excluding carboxylic acids is 2. The molecule has 5 nitrogen and oxygen atoms in total. The van der Waals surface area contributed by atoms with Crippen LogP contribution in [0.3, 0.4) is 0 Å². The Balaban J connectivity index is 1.46. The van der Waals surface area contributed by atoms with Gasteiger partial charge in [0, 0.05) is 11.5 Å². The highest BCUT2D eigenvalue weighted by molar-refractivity contribution is 6.23. The first kappa shape index (κ1) is 20.3. The van der Waals surface area contributed by atoms with E-state index in [1.54, 1.807) is 24.3 Å². The third-order valence-corrected chi connectivity index (χ3v) is 9.10. The number of hydrogen-bond donors (Lipinski definition) is 2.